The molecule has 0 nitrogen and oxygen atoms in total. The second-order valence-electron chi connectivity index (χ2n) is 29.3. The highest BCUT2D eigenvalue weighted by Crippen LogP contribution is 2.73. The zero-order valence-electron chi connectivity index (χ0n) is 46.0. The lowest BCUT2D eigenvalue weighted by Gasteiger charge is -2.52. The molecule has 23 atom stereocenters. The summed E-state index contributed by atoms with van der Waals surface area (Å²) in [5, 5.41) is 0. The number of allylic oxidation sites excluding steroid dienone is 1. The molecule has 0 aromatic carbocycles. The molecule has 10 aliphatic carbocycles. The minimum atomic E-state index is 0.558. The molecule has 67 heavy (non-hydrogen) atoms. The van der Waals surface area contributed by atoms with E-state index in [0.717, 1.165) is 136 Å². The summed E-state index contributed by atoms with van der Waals surface area (Å²) < 4.78 is 0. The molecule has 0 N–H and O–H groups in total. The molecule has 2 bridgehead atoms. The van der Waals surface area contributed by atoms with Crippen LogP contribution in [0.25, 0.3) is 0 Å². The molecule has 0 heteroatoms. The number of hydrogen-bond acceptors (Lipinski definition) is 0. The van der Waals surface area contributed by atoms with Crippen molar-refractivity contribution in [2.75, 3.05) is 0 Å². The van der Waals surface area contributed by atoms with E-state index in [1.165, 1.54) is 148 Å². The van der Waals surface area contributed by atoms with Crippen LogP contribution in [-0.4, -0.2) is 0 Å². The van der Waals surface area contributed by atoms with Crippen LogP contribution in [0.1, 0.15) is 267 Å². The minimum absolute atomic E-state index is 0.558. The van der Waals surface area contributed by atoms with E-state index >= 15 is 0 Å². The fourth-order valence-electron chi connectivity index (χ4n) is 21.6. The maximum absolute atomic E-state index is 5.38. The van der Waals surface area contributed by atoms with E-state index in [1.54, 1.807) is 76.2 Å². The zero-order valence-corrected chi connectivity index (χ0v) is 46.0. The lowest BCUT2D eigenvalue weighted by atomic mass is 9.53. The predicted octanol–water partition coefficient (Wildman–Crippen LogP) is 20.2. The van der Waals surface area contributed by atoms with E-state index in [9.17, 15) is 0 Å². The van der Waals surface area contributed by atoms with Gasteiger partial charge in [-0.3, -0.25) is 0 Å². The molecule has 0 radical (unpaired) electrons. The zero-order chi connectivity index (χ0) is 46.4. The second kappa shape index (κ2) is 22.1. The highest BCUT2D eigenvalue weighted by molar-refractivity contribution is 5.18. The predicted molar refractivity (Wildman–Crippen MR) is 289 cm³/mol. The molecule has 0 aliphatic heterocycles. The highest BCUT2D eigenvalue weighted by Gasteiger charge is 2.66. The molecule has 10 rings (SSSR count). The SMILES string of the molecule is C=C1CC(C(CC)C2CCC(C3CC3CCCCC)C3CC(C)C3C(C)CC(C)C3C4C(C)CCCCCCCCC2C43)CC2CCCCCCCCCC(CCC1C1(C)CC1)C1CC3C2C13. The van der Waals surface area contributed by atoms with Gasteiger partial charge < -0.3 is 0 Å². The summed E-state index contributed by atoms with van der Waals surface area (Å²) in [4.78, 5) is 0. The van der Waals surface area contributed by atoms with Crippen LogP contribution in [0.2, 0.25) is 0 Å². The van der Waals surface area contributed by atoms with Crippen LogP contribution >= 0.6 is 0 Å². The average Bonchev–Trinajstić information content (AvgIpc) is 4.16. The Balaban J connectivity index is 1.02. The van der Waals surface area contributed by atoms with Crippen LogP contribution < -0.4 is 0 Å². The van der Waals surface area contributed by atoms with Gasteiger partial charge in [-0.1, -0.05) is 195 Å². The van der Waals surface area contributed by atoms with Gasteiger partial charge in [-0.2, -0.15) is 0 Å². The van der Waals surface area contributed by atoms with Crippen LogP contribution in [0, 0.1) is 142 Å². The monoisotopic (exact) mass is 919 g/mol. The quantitative estimate of drug-likeness (QED) is 0.160. The molecule has 10 saturated carbocycles. The molecule has 0 amide bonds. The van der Waals surface area contributed by atoms with E-state index in [2.05, 4.69) is 48.5 Å². The van der Waals surface area contributed by atoms with Crippen molar-refractivity contribution in [2.45, 2.75) is 267 Å². The van der Waals surface area contributed by atoms with Crippen molar-refractivity contribution in [3.05, 3.63) is 12.2 Å². The van der Waals surface area contributed by atoms with Gasteiger partial charge in [0.25, 0.3) is 0 Å². The van der Waals surface area contributed by atoms with Gasteiger partial charge in [-0.05, 0) is 225 Å². The molecule has 10 fully saturated rings. The summed E-state index contributed by atoms with van der Waals surface area (Å²) in [5.74, 6) is 23.0. The smallest absolute Gasteiger partial charge is 0.0152 e. The molecule has 0 saturated heterocycles. The van der Waals surface area contributed by atoms with Crippen molar-refractivity contribution in [3.8, 4) is 0 Å². The van der Waals surface area contributed by atoms with Crippen molar-refractivity contribution in [2.24, 2.45) is 142 Å². The normalized spacial score (nSPS) is 49.9. The largest absolute Gasteiger partial charge is 0.0996 e. The summed E-state index contributed by atoms with van der Waals surface area (Å²) in [7, 11) is 0. The van der Waals surface area contributed by atoms with Crippen LogP contribution in [0.3, 0.4) is 0 Å². The molecule has 0 aromatic heterocycles. The minimum Gasteiger partial charge on any atom is -0.0996 e. The first-order chi connectivity index (χ1) is 32.6. The van der Waals surface area contributed by atoms with Crippen molar-refractivity contribution < 1.29 is 0 Å². The van der Waals surface area contributed by atoms with Crippen molar-refractivity contribution in [3.63, 3.8) is 0 Å². The third-order valence-corrected chi connectivity index (χ3v) is 25.4. The summed E-state index contributed by atoms with van der Waals surface area (Å²) in [6.45, 7) is 24.4. The molecular formula is C67H114. The van der Waals surface area contributed by atoms with Gasteiger partial charge in [0.1, 0.15) is 0 Å². The summed E-state index contributed by atoms with van der Waals surface area (Å²) in [6.07, 6.45) is 51.9. The van der Waals surface area contributed by atoms with Crippen LogP contribution in [-0.2, 0) is 0 Å². The fourth-order valence-corrected chi connectivity index (χ4v) is 21.6. The van der Waals surface area contributed by atoms with Crippen LogP contribution in [0.15, 0.2) is 12.2 Å². The van der Waals surface area contributed by atoms with Gasteiger partial charge >= 0.3 is 0 Å². The topological polar surface area (TPSA) is 0 Å². The number of fused-ring (bicyclic) bond motifs is 2. The van der Waals surface area contributed by atoms with Crippen LogP contribution in [0.4, 0.5) is 0 Å². The standard InChI is InChI=1S/C67H114/c1-9-11-21-28-49-41-56(49)54-33-32-53(55-30-25-20-16-15-17-22-26-43(3)62-63(66(55)62)46(6)37-45(5)61-47(7)39-58(54)61)52(10-2)51-38-44(4)60(67(8)35-36-67)34-31-48-27-23-18-13-12-14-19-24-29-50(40-51)64-59-42-57(48)65(59)64/h43,45-66H,4,9-42H2,1-3,5-8H3. The van der Waals surface area contributed by atoms with E-state index < -0.39 is 0 Å². The number of unbranched alkanes of at least 4 members (excludes halogenated alkanes) is 2. The molecule has 0 aromatic rings. The third-order valence-electron chi connectivity index (χ3n) is 25.4. The number of hydrogen-bond donors (Lipinski definition) is 0. The van der Waals surface area contributed by atoms with Gasteiger partial charge in [-0.15, -0.1) is 0 Å². The Morgan fingerprint density at radius 1 is 0.478 bits per heavy atom. The average molecular weight is 920 g/mol. The molecular weight excluding hydrogens is 805 g/mol. The molecule has 10 aliphatic rings. The molecule has 0 spiro atoms. The third kappa shape index (κ3) is 10.9. The summed E-state index contributed by atoms with van der Waals surface area (Å²) in [6, 6.07) is 0. The Morgan fingerprint density at radius 3 is 1.81 bits per heavy atom. The Kier molecular flexibility index (Phi) is 16.6. The van der Waals surface area contributed by atoms with E-state index in [-0.39, 0.29) is 0 Å². The van der Waals surface area contributed by atoms with Crippen molar-refractivity contribution in [1.82, 2.24) is 0 Å². The van der Waals surface area contributed by atoms with E-state index in [4.69, 9.17) is 6.58 Å². The fraction of sp³-hybridized carbons (Fsp3) is 0.970. The van der Waals surface area contributed by atoms with E-state index in [0.29, 0.717) is 5.41 Å². The van der Waals surface area contributed by atoms with Gasteiger partial charge in [-0.25, -0.2) is 0 Å². The first kappa shape index (κ1) is 50.3. The van der Waals surface area contributed by atoms with E-state index in [1.807, 2.05) is 0 Å². The first-order valence-electron chi connectivity index (χ1n) is 32.3. The Morgan fingerprint density at radius 2 is 1.12 bits per heavy atom. The second-order valence-corrected chi connectivity index (χ2v) is 29.3. The highest BCUT2D eigenvalue weighted by atomic mass is 14.7. The lowest BCUT2D eigenvalue weighted by Crippen LogP contribution is -2.45. The Labute approximate surface area is 418 Å². The first-order valence-corrected chi connectivity index (χ1v) is 32.3. The summed E-state index contributed by atoms with van der Waals surface area (Å²) in [5.41, 5.74) is 2.34. The lowest BCUT2D eigenvalue weighted by molar-refractivity contribution is -0.0319. The maximum atomic E-state index is 5.38. The molecule has 23 unspecified atom stereocenters. The summed E-state index contributed by atoms with van der Waals surface area (Å²) >= 11 is 0. The van der Waals surface area contributed by atoms with Gasteiger partial charge in [0, 0.05) is 0 Å². The molecule has 382 valence electrons. The molecule has 0 heterocycles. The number of rotatable bonds is 9. The van der Waals surface area contributed by atoms with Gasteiger partial charge in [0.2, 0.25) is 0 Å². The Bertz CT molecular complexity index is 1560. The van der Waals surface area contributed by atoms with Crippen molar-refractivity contribution >= 4 is 0 Å². The maximum Gasteiger partial charge on any atom is -0.0152 e. The van der Waals surface area contributed by atoms with Gasteiger partial charge in [0.15, 0.2) is 0 Å². The van der Waals surface area contributed by atoms with Gasteiger partial charge in [0.05, 0.1) is 0 Å². The van der Waals surface area contributed by atoms with Crippen LogP contribution in [0.5, 0.6) is 0 Å². The Hall–Kier alpha value is -0.260. The van der Waals surface area contributed by atoms with Crippen molar-refractivity contribution in [1.29, 1.82) is 0 Å².